The molecule has 1 saturated heterocycles. The van der Waals surface area contributed by atoms with Crippen LogP contribution in [0.3, 0.4) is 0 Å². The van der Waals surface area contributed by atoms with Crippen LogP contribution in [0.25, 0.3) is 22.3 Å². The van der Waals surface area contributed by atoms with E-state index in [-0.39, 0.29) is 16.9 Å². The van der Waals surface area contributed by atoms with Gasteiger partial charge < -0.3 is 54.4 Å². The first-order valence-corrected chi connectivity index (χ1v) is 10.5. The smallest absolute Gasteiger partial charge is 0.303 e. The molecule has 13 nitrogen and oxygen atoms in total. The Balaban J connectivity index is 1.85. The van der Waals surface area contributed by atoms with E-state index in [0.29, 0.717) is 0 Å². The van der Waals surface area contributed by atoms with Crippen LogP contribution in [0.4, 0.5) is 0 Å². The highest BCUT2D eigenvalue weighted by Gasteiger charge is 2.48. The van der Waals surface area contributed by atoms with Crippen molar-refractivity contribution in [3.05, 3.63) is 40.6 Å². The zero-order valence-corrected chi connectivity index (χ0v) is 18.6. The fourth-order valence-corrected chi connectivity index (χ4v) is 3.83. The van der Waals surface area contributed by atoms with E-state index in [9.17, 15) is 45.3 Å². The molecule has 5 unspecified atom stereocenters. The molecule has 1 aliphatic heterocycles. The topological polar surface area (TPSA) is 217 Å². The lowest BCUT2D eigenvalue weighted by molar-refractivity contribution is -0.281. The van der Waals surface area contributed by atoms with Crippen molar-refractivity contribution in [2.24, 2.45) is 0 Å². The van der Waals surface area contributed by atoms with Crippen LogP contribution in [0.2, 0.25) is 0 Å². The molecule has 1 aromatic heterocycles. The van der Waals surface area contributed by atoms with E-state index in [1.165, 1.54) is 6.07 Å². The van der Waals surface area contributed by atoms with Gasteiger partial charge in [0, 0.05) is 24.6 Å². The zero-order valence-electron chi connectivity index (χ0n) is 18.6. The Morgan fingerprint density at radius 3 is 2.36 bits per heavy atom. The third-order valence-corrected chi connectivity index (χ3v) is 5.51. The number of phenolic OH excluding ortho intramolecular Hbond substituents is 4. The third kappa shape index (κ3) is 4.47. The van der Waals surface area contributed by atoms with Crippen molar-refractivity contribution >= 4 is 16.9 Å². The molecule has 0 spiro atoms. The molecule has 5 atom stereocenters. The van der Waals surface area contributed by atoms with Gasteiger partial charge in [-0.3, -0.25) is 9.59 Å². The van der Waals surface area contributed by atoms with E-state index in [1.54, 1.807) is 0 Å². The lowest BCUT2D eigenvalue weighted by atomic mass is 9.99. The maximum atomic E-state index is 13.4. The predicted octanol–water partition coefficient (Wildman–Crippen LogP) is 0.0319. The largest absolute Gasteiger partial charge is 0.508 e. The van der Waals surface area contributed by atoms with Crippen molar-refractivity contribution in [2.75, 3.05) is 6.61 Å². The second kappa shape index (κ2) is 9.54. The first-order valence-electron chi connectivity index (χ1n) is 10.5. The number of phenols is 4. The maximum Gasteiger partial charge on any atom is 0.303 e. The first kappa shape index (κ1) is 25.1. The second-order valence-corrected chi connectivity index (χ2v) is 8.03. The second-order valence-electron chi connectivity index (χ2n) is 8.03. The summed E-state index contributed by atoms with van der Waals surface area (Å²) >= 11 is 0. The lowest BCUT2D eigenvalue weighted by Gasteiger charge is -2.41. The Morgan fingerprint density at radius 1 is 1.00 bits per heavy atom. The van der Waals surface area contributed by atoms with Crippen LogP contribution < -0.4 is 10.2 Å². The van der Waals surface area contributed by atoms with Crippen molar-refractivity contribution < 1.29 is 59.2 Å². The third-order valence-electron chi connectivity index (χ3n) is 5.51. The molecule has 192 valence electrons. The predicted molar refractivity (Wildman–Crippen MR) is 119 cm³/mol. The minimum absolute atomic E-state index is 0.00415. The van der Waals surface area contributed by atoms with Gasteiger partial charge in [0.1, 0.15) is 40.8 Å². The molecular weight excluding hydrogens is 484 g/mol. The molecule has 0 aliphatic carbocycles. The Kier molecular flexibility index (Phi) is 6.65. The number of benzene rings is 2. The molecule has 0 saturated carbocycles. The molecule has 2 aromatic carbocycles. The zero-order chi connectivity index (χ0) is 26.3. The van der Waals surface area contributed by atoms with Gasteiger partial charge >= 0.3 is 5.97 Å². The summed E-state index contributed by atoms with van der Waals surface area (Å²) in [7, 11) is 0. The normalized spacial score (nSPS) is 23.9. The fraction of sp³-hybridized carbons (Fsp3) is 0.304. The van der Waals surface area contributed by atoms with E-state index < -0.39 is 82.8 Å². The van der Waals surface area contributed by atoms with E-state index >= 15 is 0 Å². The van der Waals surface area contributed by atoms with Crippen LogP contribution in [0, 0.1) is 0 Å². The van der Waals surface area contributed by atoms with E-state index in [4.69, 9.17) is 18.6 Å². The number of ether oxygens (including phenoxy) is 3. The Morgan fingerprint density at radius 2 is 1.72 bits per heavy atom. The van der Waals surface area contributed by atoms with Crippen molar-refractivity contribution in [2.45, 2.75) is 37.6 Å². The quantitative estimate of drug-likeness (QED) is 0.180. The van der Waals surface area contributed by atoms with Gasteiger partial charge in [0.05, 0.1) is 6.61 Å². The molecule has 2 heterocycles. The van der Waals surface area contributed by atoms with Crippen molar-refractivity contribution in [1.29, 1.82) is 0 Å². The summed E-state index contributed by atoms with van der Waals surface area (Å²) < 4.78 is 21.7. The summed E-state index contributed by atoms with van der Waals surface area (Å²) in [6.45, 7) is 0.298. The summed E-state index contributed by atoms with van der Waals surface area (Å²) in [4.78, 5) is 24.7. The van der Waals surface area contributed by atoms with Gasteiger partial charge in [-0.25, -0.2) is 0 Å². The molecule has 1 fully saturated rings. The summed E-state index contributed by atoms with van der Waals surface area (Å²) in [6, 6.07) is 5.32. The molecule has 3 aromatic rings. The van der Waals surface area contributed by atoms with Gasteiger partial charge in [-0.15, -0.1) is 0 Å². The van der Waals surface area contributed by atoms with E-state index in [1.807, 2.05) is 0 Å². The highest BCUT2D eigenvalue weighted by atomic mass is 16.7. The van der Waals surface area contributed by atoms with Crippen LogP contribution in [0.15, 0.2) is 39.5 Å². The number of aromatic hydroxyl groups is 4. The SMILES string of the molecule is CC(=O)OC1C(CO)OC(Oc2c(-c3ccc(O)c(O)c3)oc3cc(O)cc(O)c3c2=O)C(O)C1O. The number of rotatable bonds is 5. The summed E-state index contributed by atoms with van der Waals surface area (Å²) in [5.74, 6) is -3.95. The van der Waals surface area contributed by atoms with E-state index in [2.05, 4.69) is 0 Å². The number of carbonyl (C=O) groups excluding carboxylic acids is 1. The molecule has 0 bridgehead atoms. The Labute approximate surface area is 201 Å². The highest BCUT2D eigenvalue weighted by Crippen LogP contribution is 2.39. The fourth-order valence-electron chi connectivity index (χ4n) is 3.83. The molecule has 7 N–H and O–H groups in total. The summed E-state index contributed by atoms with van der Waals surface area (Å²) in [5.41, 5.74) is -1.24. The number of fused-ring (bicyclic) bond motifs is 1. The highest BCUT2D eigenvalue weighted by molar-refractivity contribution is 5.88. The number of aliphatic hydroxyl groups is 3. The molecular formula is C23H22O13. The van der Waals surface area contributed by atoms with Gasteiger partial charge in [0.2, 0.25) is 17.5 Å². The Bertz CT molecular complexity index is 1360. The number of hydrogen-bond acceptors (Lipinski definition) is 13. The van der Waals surface area contributed by atoms with Crippen LogP contribution in [0.1, 0.15) is 6.92 Å². The first-order chi connectivity index (χ1) is 17.0. The average Bonchev–Trinajstić information content (AvgIpc) is 2.81. The molecule has 1 aliphatic rings. The van der Waals surface area contributed by atoms with Gasteiger partial charge in [0.15, 0.2) is 23.4 Å². The van der Waals surface area contributed by atoms with Crippen molar-refractivity contribution in [3.63, 3.8) is 0 Å². The number of hydrogen-bond donors (Lipinski definition) is 7. The van der Waals surface area contributed by atoms with Crippen LogP contribution in [-0.4, -0.2) is 79.0 Å². The minimum atomic E-state index is -1.89. The van der Waals surface area contributed by atoms with Crippen LogP contribution in [0.5, 0.6) is 28.7 Å². The molecule has 0 radical (unpaired) electrons. The Hall–Kier alpha value is -4.04. The monoisotopic (exact) mass is 506 g/mol. The molecule has 0 amide bonds. The van der Waals surface area contributed by atoms with Gasteiger partial charge in [-0.1, -0.05) is 0 Å². The number of aliphatic hydroxyl groups excluding tert-OH is 3. The molecule has 13 heteroatoms. The van der Waals surface area contributed by atoms with Gasteiger partial charge in [0.25, 0.3) is 0 Å². The van der Waals surface area contributed by atoms with Crippen molar-refractivity contribution in [3.8, 4) is 40.1 Å². The van der Waals surface area contributed by atoms with Crippen molar-refractivity contribution in [1.82, 2.24) is 0 Å². The standard InChI is InChI=1S/C23H22O13/c1-8(25)33-21-15(7-24)35-23(19(32)18(21)31)36-22-17(30)16-13(29)5-10(26)6-14(16)34-20(22)9-2-3-11(27)12(28)4-9/h2-6,15,18-19,21,23-24,26-29,31-32H,7H2,1H3. The van der Waals surface area contributed by atoms with Crippen LogP contribution in [-0.2, 0) is 14.3 Å². The maximum absolute atomic E-state index is 13.4. The molecule has 36 heavy (non-hydrogen) atoms. The average molecular weight is 506 g/mol. The summed E-state index contributed by atoms with van der Waals surface area (Å²) in [5, 5.41) is 69.9. The summed E-state index contributed by atoms with van der Waals surface area (Å²) in [6.07, 6.45) is -8.27. The molecule has 4 rings (SSSR count). The van der Waals surface area contributed by atoms with Crippen LogP contribution >= 0.6 is 0 Å². The van der Waals surface area contributed by atoms with Gasteiger partial charge in [-0.05, 0) is 18.2 Å². The van der Waals surface area contributed by atoms with Gasteiger partial charge in [-0.2, -0.15) is 0 Å². The lowest BCUT2D eigenvalue weighted by Crippen LogP contribution is -2.61. The number of esters is 1. The van der Waals surface area contributed by atoms with E-state index in [0.717, 1.165) is 31.2 Å². The number of carbonyl (C=O) groups is 1. The minimum Gasteiger partial charge on any atom is -0.508 e.